The van der Waals surface area contributed by atoms with Crippen LogP contribution >= 0.6 is 11.3 Å². The molecule has 0 saturated carbocycles. The molecule has 1 aromatic heterocycles. The van der Waals surface area contributed by atoms with Crippen LogP contribution in [-0.4, -0.2) is 18.0 Å². The average Bonchev–Trinajstić information content (AvgIpc) is 3.05. The summed E-state index contributed by atoms with van der Waals surface area (Å²) >= 11 is 1.42. The Hall–Kier alpha value is -2.66. The van der Waals surface area contributed by atoms with Crippen molar-refractivity contribution in [3.8, 4) is 17.0 Å². The summed E-state index contributed by atoms with van der Waals surface area (Å²) < 4.78 is 5.29. The molecule has 3 aromatic rings. The number of methoxy groups -OCH3 is 1. The second kappa shape index (κ2) is 7.07. The maximum Gasteiger partial charge on any atom is 0.257 e. The summed E-state index contributed by atoms with van der Waals surface area (Å²) in [7, 11) is 1.66. The van der Waals surface area contributed by atoms with Gasteiger partial charge in [-0.2, -0.15) is 0 Å². The molecule has 0 saturated heterocycles. The van der Waals surface area contributed by atoms with Gasteiger partial charge >= 0.3 is 0 Å². The zero-order valence-corrected chi connectivity index (χ0v) is 15.5. The lowest BCUT2D eigenvalue weighted by atomic mass is 10.1. The highest BCUT2D eigenvalue weighted by atomic mass is 32.1. The van der Waals surface area contributed by atoms with Gasteiger partial charge in [-0.15, -0.1) is 11.3 Å². The molecule has 0 aliphatic rings. The monoisotopic (exact) mass is 352 g/mol. The third-order valence-corrected chi connectivity index (χ3v) is 4.94. The first-order chi connectivity index (χ1) is 12.0. The quantitative estimate of drug-likeness (QED) is 0.719. The first-order valence-electron chi connectivity index (χ1n) is 7.97. The summed E-state index contributed by atoms with van der Waals surface area (Å²) in [6, 6.07) is 11.6. The van der Waals surface area contributed by atoms with Crippen molar-refractivity contribution < 1.29 is 9.53 Å². The van der Waals surface area contributed by atoms with Crippen molar-refractivity contribution in [2.24, 2.45) is 0 Å². The molecule has 0 bridgehead atoms. The van der Waals surface area contributed by atoms with Crippen molar-refractivity contribution >= 4 is 22.4 Å². The Bertz CT molecular complexity index is 931. The van der Waals surface area contributed by atoms with Crippen LogP contribution in [0.15, 0.2) is 41.8 Å². The van der Waals surface area contributed by atoms with Crippen LogP contribution < -0.4 is 10.1 Å². The number of ether oxygens (including phenoxy) is 1. The predicted molar refractivity (Wildman–Crippen MR) is 103 cm³/mol. The van der Waals surface area contributed by atoms with Gasteiger partial charge in [0.05, 0.1) is 12.8 Å². The molecule has 0 atom stereocenters. The van der Waals surface area contributed by atoms with E-state index in [9.17, 15) is 4.79 Å². The fourth-order valence-electron chi connectivity index (χ4n) is 2.55. The van der Waals surface area contributed by atoms with Crippen LogP contribution in [0, 0.1) is 20.8 Å². The summed E-state index contributed by atoms with van der Waals surface area (Å²) in [6.45, 7) is 6.03. The number of carbonyl (C=O) groups is 1. The number of carbonyl (C=O) groups excluding carboxylic acids is 1. The first-order valence-corrected chi connectivity index (χ1v) is 8.85. The molecule has 0 spiro atoms. The van der Waals surface area contributed by atoms with Crippen LogP contribution in [0.25, 0.3) is 11.3 Å². The summed E-state index contributed by atoms with van der Waals surface area (Å²) in [4.78, 5) is 16.9. The third kappa shape index (κ3) is 3.72. The standard InChI is InChI=1S/C20H20N2O2S/c1-12-5-6-16(9-13(12)2)19(23)22-20-21-17(11-25-20)15-7-8-18(24-4)14(3)10-15/h5-11H,1-4H3,(H,21,22,23). The van der Waals surface area contributed by atoms with E-state index >= 15 is 0 Å². The molecule has 1 N–H and O–H groups in total. The molecule has 5 heteroatoms. The fraction of sp³-hybridized carbons (Fsp3) is 0.200. The second-order valence-electron chi connectivity index (χ2n) is 5.98. The molecular formula is C20H20N2O2S. The summed E-state index contributed by atoms with van der Waals surface area (Å²) in [5.41, 5.74) is 5.80. The number of hydrogen-bond donors (Lipinski definition) is 1. The Morgan fingerprint density at radius 3 is 2.52 bits per heavy atom. The fourth-order valence-corrected chi connectivity index (χ4v) is 3.27. The van der Waals surface area contributed by atoms with Gasteiger partial charge in [-0.1, -0.05) is 6.07 Å². The Morgan fingerprint density at radius 2 is 1.84 bits per heavy atom. The van der Waals surface area contributed by atoms with Gasteiger partial charge in [-0.25, -0.2) is 4.98 Å². The Labute approximate surface area is 151 Å². The van der Waals surface area contributed by atoms with Gasteiger partial charge in [0.2, 0.25) is 0 Å². The Balaban J connectivity index is 1.78. The van der Waals surface area contributed by atoms with E-state index in [0.717, 1.165) is 28.1 Å². The minimum atomic E-state index is -0.144. The maximum absolute atomic E-state index is 12.4. The van der Waals surface area contributed by atoms with Crippen molar-refractivity contribution in [2.75, 3.05) is 12.4 Å². The zero-order chi connectivity index (χ0) is 18.0. The molecule has 0 fully saturated rings. The predicted octanol–water partition coefficient (Wildman–Crippen LogP) is 5.00. The molecule has 0 aliphatic carbocycles. The number of benzene rings is 2. The van der Waals surface area contributed by atoms with E-state index in [-0.39, 0.29) is 5.91 Å². The van der Waals surface area contributed by atoms with Crippen molar-refractivity contribution in [2.45, 2.75) is 20.8 Å². The number of hydrogen-bond acceptors (Lipinski definition) is 4. The third-order valence-electron chi connectivity index (χ3n) is 4.18. The molecule has 0 unspecified atom stereocenters. The van der Waals surface area contributed by atoms with E-state index in [0.29, 0.717) is 10.7 Å². The van der Waals surface area contributed by atoms with Crippen LogP contribution in [0.4, 0.5) is 5.13 Å². The number of thiazole rings is 1. The molecule has 3 rings (SSSR count). The SMILES string of the molecule is COc1ccc(-c2csc(NC(=O)c3ccc(C)c(C)c3)n2)cc1C. The number of nitrogens with one attached hydrogen (secondary N) is 1. The summed E-state index contributed by atoms with van der Waals surface area (Å²) in [6.07, 6.45) is 0. The number of aromatic nitrogens is 1. The van der Waals surface area contributed by atoms with Gasteiger partial charge in [0.25, 0.3) is 5.91 Å². The van der Waals surface area contributed by atoms with E-state index in [1.165, 1.54) is 16.9 Å². The highest BCUT2D eigenvalue weighted by Crippen LogP contribution is 2.29. The molecule has 0 radical (unpaired) electrons. The molecule has 25 heavy (non-hydrogen) atoms. The Kier molecular flexibility index (Phi) is 4.86. The summed E-state index contributed by atoms with van der Waals surface area (Å²) in [5.74, 6) is 0.706. The Morgan fingerprint density at radius 1 is 1.04 bits per heavy atom. The van der Waals surface area contributed by atoms with Crippen molar-refractivity contribution in [1.29, 1.82) is 0 Å². The van der Waals surface area contributed by atoms with Crippen molar-refractivity contribution in [3.63, 3.8) is 0 Å². The number of aryl methyl sites for hydroxylation is 3. The average molecular weight is 352 g/mol. The van der Waals surface area contributed by atoms with E-state index in [1.54, 1.807) is 7.11 Å². The molecular weight excluding hydrogens is 332 g/mol. The largest absolute Gasteiger partial charge is 0.496 e. The zero-order valence-electron chi connectivity index (χ0n) is 14.7. The number of anilines is 1. The minimum Gasteiger partial charge on any atom is -0.496 e. The van der Waals surface area contributed by atoms with Crippen LogP contribution in [0.2, 0.25) is 0 Å². The number of amides is 1. The van der Waals surface area contributed by atoms with Gasteiger partial charge in [0.1, 0.15) is 5.75 Å². The van der Waals surface area contributed by atoms with Crippen molar-refractivity contribution in [1.82, 2.24) is 4.98 Å². The molecule has 4 nitrogen and oxygen atoms in total. The van der Waals surface area contributed by atoms with E-state index in [1.807, 2.05) is 62.5 Å². The highest BCUT2D eigenvalue weighted by Gasteiger charge is 2.11. The normalized spacial score (nSPS) is 10.6. The van der Waals surface area contributed by atoms with Crippen LogP contribution in [0.1, 0.15) is 27.0 Å². The lowest BCUT2D eigenvalue weighted by molar-refractivity contribution is 0.102. The topological polar surface area (TPSA) is 51.2 Å². The van der Waals surface area contributed by atoms with Gasteiger partial charge in [0, 0.05) is 16.5 Å². The van der Waals surface area contributed by atoms with E-state index in [2.05, 4.69) is 10.3 Å². The van der Waals surface area contributed by atoms with Crippen LogP contribution in [-0.2, 0) is 0 Å². The van der Waals surface area contributed by atoms with Crippen molar-refractivity contribution in [3.05, 3.63) is 64.0 Å². The lowest BCUT2D eigenvalue weighted by Gasteiger charge is -2.06. The van der Waals surface area contributed by atoms with Crippen LogP contribution in [0.3, 0.4) is 0 Å². The van der Waals surface area contributed by atoms with E-state index < -0.39 is 0 Å². The highest BCUT2D eigenvalue weighted by molar-refractivity contribution is 7.14. The first kappa shape index (κ1) is 17.2. The maximum atomic E-state index is 12.4. The van der Waals surface area contributed by atoms with Gasteiger partial charge in [0.15, 0.2) is 5.13 Å². The van der Waals surface area contributed by atoms with Crippen LogP contribution in [0.5, 0.6) is 5.75 Å². The molecule has 0 aliphatic heterocycles. The minimum absolute atomic E-state index is 0.144. The number of nitrogens with zero attached hydrogens (tertiary/aromatic N) is 1. The van der Waals surface area contributed by atoms with Gasteiger partial charge in [-0.05, 0) is 67.8 Å². The van der Waals surface area contributed by atoms with Gasteiger partial charge in [-0.3, -0.25) is 10.1 Å². The molecule has 128 valence electrons. The van der Waals surface area contributed by atoms with Gasteiger partial charge < -0.3 is 4.74 Å². The smallest absolute Gasteiger partial charge is 0.257 e. The summed E-state index contributed by atoms with van der Waals surface area (Å²) in [5, 5.41) is 5.41. The molecule has 1 amide bonds. The second-order valence-corrected chi connectivity index (χ2v) is 6.83. The molecule has 2 aromatic carbocycles. The number of rotatable bonds is 4. The lowest BCUT2D eigenvalue weighted by Crippen LogP contribution is -2.12. The van der Waals surface area contributed by atoms with E-state index in [4.69, 9.17) is 4.74 Å². The molecule has 1 heterocycles.